The minimum Gasteiger partial charge on any atom is -0.406 e. The Morgan fingerprint density at radius 3 is 2.33 bits per heavy atom. The van der Waals surface area contributed by atoms with Gasteiger partial charge in [0.2, 0.25) is 6.43 Å². The molecule has 0 saturated heterocycles. The third-order valence-corrected chi connectivity index (χ3v) is 2.03. The van der Waals surface area contributed by atoms with Crippen molar-refractivity contribution in [3.05, 3.63) is 29.6 Å². The van der Waals surface area contributed by atoms with Gasteiger partial charge in [-0.1, -0.05) is 0 Å². The highest BCUT2D eigenvalue weighted by atomic mass is 19.4. The fraction of sp³-hybridized carbons (Fsp3) is 0.400. The molecule has 0 aliphatic heterocycles. The van der Waals surface area contributed by atoms with Crippen molar-refractivity contribution in [2.24, 2.45) is 5.73 Å². The number of ether oxygens (including phenoxy) is 1. The molecule has 1 rings (SSSR count). The summed E-state index contributed by atoms with van der Waals surface area (Å²) in [6.07, 6.45) is -8.58. The smallest absolute Gasteiger partial charge is 0.406 e. The highest BCUT2D eigenvalue weighted by molar-refractivity contribution is 5.32. The van der Waals surface area contributed by atoms with Crippen LogP contribution in [0.4, 0.5) is 26.3 Å². The molecule has 0 bridgehead atoms. The Balaban J connectivity index is 2.94. The first-order valence-electron chi connectivity index (χ1n) is 4.78. The van der Waals surface area contributed by atoms with E-state index in [-0.39, 0.29) is 0 Å². The van der Waals surface area contributed by atoms with Crippen LogP contribution in [0.1, 0.15) is 18.0 Å². The molecular formula is C10H9F6NO. The van der Waals surface area contributed by atoms with Gasteiger partial charge in [-0.3, -0.25) is 0 Å². The molecule has 0 saturated carbocycles. The molecule has 0 unspecified atom stereocenters. The molecule has 0 amide bonds. The number of nitrogens with two attached hydrogens (primary N) is 1. The molecule has 0 heterocycles. The van der Waals surface area contributed by atoms with Gasteiger partial charge in [-0.2, -0.15) is 0 Å². The molecule has 8 heteroatoms. The summed E-state index contributed by atoms with van der Waals surface area (Å²) in [5, 5.41) is 0. The Labute approximate surface area is 98.3 Å². The summed E-state index contributed by atoms with van der Waals surface area (Å²) in [4.78, 5) is 0. The van der Waals surface area contributed by atoms with Gasteiger partial charge in [-0.05, 0) is 18.2 Å². The molecule has 0 aliphatic rings. The zero-order valence-corrected chi connectivity index (χ0v) is 8.85. The molecule has 2 N–H and O–H groups in total. The molecule has 102 valence electrons. The second-order valence-corrected chi connectivity index (χ2v) is 3.46. The zero-order valence-electron chi connectivity index (χ0n) is 8.85. The van der Waals surface area contributed by atoms with Gasteiger partial charge in [0, 0.05) is 18.0 Å². The van der Waals surface area contributed by atoms with Crippen LogP contribution < -0.4 is 10.5 Å². The Bertz CT molecular complexity index is 406. The topological polar surface area (TPSA) is 35.2 Å². The van der Waals surface area contributed by atoms with E-state index in [0.29, 0.717) is 12.1 Å². The molecule has 1 aromatic rings. The largest absolute Gasteiger partial charge is 0.573 e. The number of alkyl halides is 5. The van der Waals surface area contributed by atoms with Crippen LogP contribution >= 0.6 is 0 Å². The van der Waals surface area contributed by atoms with Crippen molar-refractivity contribution in [2.45, 2.75) is 25.3 Å². The minimum absolute atomic E-state index is 0.447. The molecular weight excluding hydrogens is 264 g/mol. The molecule has 0 fully saturated rings. The average Bonchev–Trinajstić information content (AvgIpc) is 2.17. The lowest BCUT2D eigenvalue weighted by atomic mass is 10.0. The van der Waals surface area contributed by atoms with Gasteiger partial charge in [0.25, 0.3) is 0 Å². The lowest BCUT2D eigenvalue weighted by Gasteiger charge is -2.15. The van der Waals surface area contributed by atoms with Crippen LogP contribution in [-0.2, 0) is 0 Å². The third-order valence-electron chi connectivity index (χ3n) is 2.03. The van der Waals surface area contributed by atoms with Crippen LogP contribution in [0.3, 0.4) is 0 Å². The highest BCUT2D eigenvalue weighted by Crippen LogP contribution is 2.28. The van der Waals surface area contributed by atoms with E-state index in [1.807, 2.05) is 0 Å². The maximum atomic E-state index is 13.2. The van der Waals surface area contributed by atoms with E-state index < -0.39 is 42.4 Å². The molecule has 0 aromatic heterocycles. The molecule has 0 aliphatic carbocycles. The Kier molecular flexibility index (Phi) is 4.44. The zero-order chi connectivity index (χ0) is 13.9. The average molecular weight is 273 g/mol. The first kappa shape index (κ1) is 14.6. The summed E-state index contributed by atoms with van der Waals surface area (Å²) < 4.78 is 76.7. The van der Waals surface area contributed by atoms with Crippen molar-refractivity contribution in [1.82, 2.24) is 0 Å². The van der Waals surface area contributed by atoms with Crippen molar-refractivity contribution in [1.29, 1.82) is 0 Å². The third kappa shape index (κ3) is 4.44. The van der Waals surface area contributed by atoms with E-state index in [1.165, 1.54) is 0 Å². The molecule has 18 heavy (non-hydrogen) atoms. The summed E-state index contributed by atoms with van der Waals surface area (Å²) >= 11 is 0. The van der Waals surface area contributed by atoms with Gasteiger partial charge in [0.05, 0.1) is 0 Å². The molecule has 0 spiro atoms. The molecule has 1 atom stereocenters. The van der Waals surface area contributed by atoms with Gasteiger partial charge >= 0.3 is 6.36 Å². The Morgan fingerprint density at radius 1 is 1.22 bits per heavy atom. The Hall–Kier alpha value is -1.44. The number of hydrogen-bond donors (Lipinski definition) is 1. The van der Waals surface area contributed by atoms with Crippen LogP contribution in [0.5, 0.6) is 5.75 Å². The van der Waals surface area contributed by atoms with Crippen molar-refractivity contribution < 1.29 is 31.1 Å². The minimum atomic E-state index is -4.94. The normalized spacial score (nSPS) is 13.8. The first-order chi connectivity index (χ1) is 8.19. The summed E-state index contributed by atoms with van der Waals surface area (Å²) in [5.41, 5.74) is 4.83. The predicted octanol–water partition coefficient (Wildman–Crippen LogP) is 3.38. The van der Waals surface area contributed by atoms with E-state index >= 15 is 0 Å². The van der Waals surface area contributed by atoms with Crippen LogP contribution in [0.2, 0.25) is 0 Å². The highest BCUT2D eigenvalue weighted by Gasteiger charge is 2.31. The van der Waals surface area contributed by atoms with Crippen LogP contribution in [0.25, 0.3) is 0 Å². The summed E-state index contributed by atoms with van der Waals surface area (Å²) in [6.45, 7) is 0. The van der Waals surface area contributed by atoms with E-state index in [0.717, 1.165) is 6.07 Å². The number of halogens is 6. The van der Waals surface area contributed by atoms with E-state index in [1.54, 1.807) is 0 Å². The van der Waals surface area contributed by atoms with Gasteiger partial charge in [-0.25, -0.2) is 13.2 Å². The van der Waals surface area contributed by atoms with E-state index in [9.17, 15) is 26.3 Å². The monoisotopic (exact) mass is 273 g/mol. The first-order valence-corrected chi connectivity index (χ1v) is 4.78. The second kappa shape index (κ2) is 5.47. The summed E-state index contributed by atoms with van der Waals surface area (Å²) in [6, 6.07) is 0.681. The van der Waals surface area contributed by atoms with E-state index in [2.05, 4.69) is 4.74 Å². The lowest BCUT2D eigenvalue weighted by molar-refractivity contribution is -0.274. The molecule has 1 aromatic carbocycles. The molecule has 0 radical (unpaired) electrons. The standard InChI is InChI=1S/C10H9F6NO/c11-7-2-1-5(18-10(14,15)16)3-6(7)8(17)4-9(12)13/h1-3,8-9H,4,17H2/t8-/m1/s1. The quantitative estimate of drug-likeness (QED) is 0.853. The van der Waals surface area contributed by atoms with Crippen LogP contribution in [0.15, 0.2) is 18.2 Å². The van der Waals surface area contributed by atoms with Gasteiger partial charge in [0.1, 0.15) is 11.6 Å². The summed E-state index contributed by atoms with van der Waals surface area (Å²) in [7, 11) is 0. The van der Waals surface area contributed by atoms with Crippen molar-refractivity contribution in [3.63, 3.8) is 0 Å². The number of hydrogen-bond acceptors (Lipinski definition) is 2. The van der Waals surface area contributed by atoms with Crippen LogP contribution in [-0.4, -0.2) is 12.8 Å². The van der Waals surface area contributed by atoms with Gasteiger partial charge in [-0.15, -0.1) is 13.2 Å². The lowest BCUT2D eigenvalue weighted by Crippen LogP contribution is -2.19. The Morgan fingerprint density at radius 2 is 1.83 bits per heavy atom. The van der Waals surface area contributed by atoms with Crippen molar-refractivity contribution >= 4 is 0 Å². The number of benzene rings is 1. The van der Waals surface area contributed by atoms with Crippen LogP contribution in [0, 0.1) is 5.82 Å². The maximum Gasteiger partial charge on any atom is 0.573 e. The van der Waals surface area contributed by atoms with E-state index in [4.69, 9.17) is 5.73 Å². The fourth-order valence-corrected chi connectivity index (χ4v) is 1.32. The summed E-state index contributed by atoms with van der Waals surface area (Å²) in [5.74, 6) is -1.67. The predicted molar refractivity (Wildman–Crippen MR) is 50.6 cm³/mol. The van der Waals surface area contributed by atoms with Gasteiger partial charge < -0.3 is 10.5 Å². The second-order valence-electron chi connectivity index (χ2n) is 3.46. The van der Waals surface area contributed by atoms with Gasteiger partial charge in [0.15, 0.2) is 0 Å². The number of rotatable bonds is 4. The maximum absolute atomic E-state index is 13.2. The van der Waals surface area contributed by atoms with Crippen molar-refractivity contribution in [2.75, 3.05) is 0 Å². The fourth-order valence-electron chi connectivity index (χ4n) is 1.32. The SMILES string of the molecule is N[C@H](CC(F)F)c1cc(OC(F)(F)F)ccc1F. The molecule has 2 nitrogen and oxygen atoms in total. The van der Waals surface area contributed by atoms with Crippen molar-refractivity contribution in [3.8, 4) is 5.75 Å².